The van der Waals surface area contributed by atoms with Crippen LogP contribution in [0.25, 0.3) is 0 Å². The van der Waals surface area contributed by atoms with E-state index >= 15 is 0 Å². The Labute approximate surface area is 94.7 Å². The van der Waals surface area contributed by atoms with Gasteiger partial charge in [0.2, 0.25) is 0 Å². The quantitative estimate of drug-likeness (QED) is 0.576. The van der Waals surface area contributed by atoms with Crippen LogP contribution in [0.1, 0.15) is 0 Å². The van der Waals surface area contributed by atoms with Crippen molar-refractivity contribution < 1.29 is 16.5 Å². The fourth-order valence-electron chi connectivity index (χ4n) is 2.23. The van der Waals surface area contributed by atoms with E-state index in [2.05, 4.69) is 19.6 Å². The molecule has 0 aliphatic carbocycles. The molecule has 0 N–H and O–H groups in total. The van der Waals surface area contributed by atoms with Crippen molar-refractivity contribution in [2.24, 2.45) is 0 Å². The van der Waals surface area contributed by atoms with Gasteiger partial charge in [-0.15, -0.1) is 0 Å². The minimum absolute atomic E-state index is 0.472. The molecule has 4 aliphatic rings. The summed E-state index contributed by atoms with van der Waals surface area (Å²) in [4.78, 5) is 9.88. The number of hydrogen-bond acceptors (Lipinski definition) is 4. The van der Waals surface area contributed by atoms with Crippen molar-refractivity contribution in [3.8, 4) is 0 Å². The maximum absolute atomic E-state index is 4.88. The van der Waals surface area contributed by atoms with E-state index in [0.717, 1.165) is 0 Å². The van der Waals surface area contributed by atoms with Crippen molar-refractivity contribution in [1.82, 2.24) is 19.6 Å². The average Bonchev–Trinajstić information content (AvgIpc) is 2.01. The average molecular weight is 406 g/mol. The summed E-state index contributed by atoms with van der Waals surface area (Å²) in [7, 11) is 9.75. The van der Waals surface area contributed by atoms with E-state index < -0.39 is 16.5 Å². The zero-order valence-electron chi connectivity index (χ0n) is 7.10. The van der Waals surface area contributed by atoms with E-state index in [1.165, 1.54) is 40.0 Å². The molecule has 0 unspecified atom stereocenters. The van der Waals surface area contributed by atoms with E-state index in [9.17, 15) is 0 Å². The van der Waals surface area contributed by atoms with Crippen LogP contribution >= 0.6 is 18.8 Å². The van der Waals surface area contributed by atoms with Gasteiger partial charge in [-0.3, -0.25) is 19.6 Å². The Morgan fingerprint density at radius 2 is 0.769 bits per heavy atom. The van der Waals surface area contributed by atoms with Gasteiger partial charge in [-0.2, -0.15) is 0 Å². The SMILES string of the molecule is C1N2CN3CN1CN(C2)C3.[Cl][Pt][Cl]. The predicted octanol–water partition coefficient (Wildman–Crippen LogP) is 0.357. The van der Waals surface area contributed by atoms with Gasteiger partial charge in [-0.25, -0.2) is 0 Å². The zero-order chi connectivity index (χ0) is 9.26. The number of nitrogens with zero attached hydrogens (tertiary/aromatic N) is 4. The predicted molar refractivity (Wildman–Crippen MR) is 48.3 cm³/mol. The van der Waals surface area contributed by atoms with Crippen molar-refractivity contribution in [3.05, 3.63) is 0 Å². The van der Waals surface area contributed by atoms with Gasteiger partial charge < -0.3 is 0 Å². The molecule has 4 saturated heterocycles. The molecule has 4 fully saturated rings. The van der Waals surface area contributed by atoms with Gasteiger partial charge in [0.25, 0.3) is 0 Å². The molecule has 0 aromatic carbocycles. The topological polar surface area (TPSA) is 13.0 Å². The molecule has 0 atom stereocenters. The summed E-state index contributed by atoms with van der Waals surface area (Å²) in [6, 6.07) is 0. The summed E-state index contributed by atoms with van der Waals surface area (Å²) < 4.78 is 0. The van der Waals surface area contributed by atoms with Crippen LogP contribution in [0, 0.1) is 0 Å². The van der Waals surface area contributed by atoms with E-state index in [1.54, 1.807) is 0 Å². The Kier molecular flexibility index (Phi) is 3.88. The minimum atomic E-state index is -0.472. The number of rotatable bonds is 0. The van der Waals surface area contributed by atoms with Gasteiger partial charge in [0.15, 0.2) is 0 Å². The first-order valence-electron chi connectivity index (χ1n) is 4.03. The molecule has 80 valence electrons. The fourth-order valence-corrected chi connectivity index (χ4v) is 2.23. The van der Waals surface area contributed by atoms with Gasteiger partial charge in [0.05, 0.1) is 40.0 Å². The van der Waals surface area contributed by atoms with Gasteiger partial charge in [0.1, 0.15) is 0 Å². The molecule has 4 bridgehead atoms. The van der Waals surface area contributed by atoms with Gasteiger partial charge in [0, 0.05) is 0 Å². The van der Waals surface area contributed by atoms with E-state index in [1.807, 2.05) is 0 Å². The summed E-state index contributed by atoms with van der Waals surface area (Å²) in [6.45, 7) is 7.12. The Bertz CT molecular complexity index is 125. The summed E-state index contributed by atoms with van der Waals surface area (Å²) in [6.07, 6.45) is 0. The molecule has 0 amide bonds. The van der Waals surface area contributed by atoms with Gasteiger partial charge in [-0.1, -0.05) is 0 Å². The third-order valence-corrected chi connectivity index (χ3v) is 2.40. The Morgan fingerprint density at radius 1 is 0.615 bits per heavy atom. The second-order valence-corrected chi connectivity index (χ2v) is 6.86. The molecule has 4 heterocycles. The Hall–Kier alpha value is 1.11. The van der Waals surface area contributed by atoms with E-state index in [-0.39, 0.29) is 0 Å². The van der Waals surface area contributed by atoms with Crippen molar-refractivity contribution in [3.63, 3.8) is 0 Å². The number of halogens is 2. The standard InChI is InChI=1S/C6H12N4.2ClH.Pt/c1-7-2-9-4-8(1)5-10(3-7)6-9;;;/h1-6H2;2*1H;/q;;;+2/p-2. The Balaban J connectivity index is 0.000000196. The third kappa shape index (κ3) is 2.57. The van der Waals surface area contributed by atoms with Crippen LogP contribution in [0.2, 0.25) is 0 Å². The molecule has 0 radical (unpaired) electrons. The first-order valence-corrected chi connectivity index (χ1v) is 9.66. The Morgan fingerprint density at radius 3 is 0.923 bits per heavy atom. The van der Waals surface area contributed by atoms with Gasteiger partial charge in [-0.05, 0) is 0 Å². The summed E-state index contributed by atoms with van der Waals surface area (Å²) >= 11 is -0.472. The van der Waals surface area contributed by atoms with Crippen LogP contribution in [0.5, 0.6) is 0 Å². The molecule has 4 aliphatic heterocycles. The monoisotopic (exact) mass is 405 g/mol. The number of hydrogen-bond donors (Lipinski definition) is 0. The molecular formula is C6H12Cl2N4Pt. The first kappa shape index (κ1) is 10.6. The second-order valence-electron chi connectivity index (χ2n) is 3.58. The van der Waals surface area contributed by atoms with Crippen molar-refractivity contribution in [1.29, 1.82) is 0 Å². The van der Waals surface area contributed by atoms with Crippen LogP contribution in [0.4, 0.5) is 0 Å². The van der Waals surface area contributed by atoms with Crippen molar-refractivity contribution >= 4 is 18.8 Å². The van der Waals surface area contributed by atoms with E-state index in [0.29, 0.717) is 0 Å². The molecule has 7 heteroatoms. The van der Waals surface area contributed by atoms with Gasteiger partial charge >= 0.3 is 35.3 Å². The molecular weight excluding hydrogens is 394 g/mol. The van der Waals surface area contributed by atoms with Crippen molar-refractivity contribution in [2.75, 3.05) is 40.0 Å². The molecule has 0 aromatic rings. The van der Waals surface area contributed by atoms with Crippen LogP contribution in [-0.4, -0.2) is 59.6 Å². The van der Waals surface area contributed by atoms with Crippen LogP contribution in [0.3, 0.4) is 0 Å². The maximum atomic E-state index is 4.88. The summed E-state index contributed by atoms with van der Waals surface area (Å²) in [5, 5.41) is 0. The molecule has 4 nitrogen and oxygen atoms in total. The van der Waals surface area contributed by atoms with Crippen molar-refractivity contribution in [2.45, 2.75) is 0 Å². The third-order valence-electron chi connectivity index (χ3n) is 2.40. The zero-order valence-corrected chi connectivity index (χ0v) is 10.9. The summed E-state index contributed by atoms with van der Waals surface area (Å²) in [5.41, 5.74) is 0. The second kappa shape index (κ2) is 4.75. The molecule has 13 heavy (non-hydrogen) atoms. The van der Waals surface area contributed by atoms with Crippen LogP contribution in [-0.2, 0) is 16.5 Å². The molecule has 4 rings (SSSR count). The van der Waals surface area contributed by atoms with Crippen LogP contribution in [0.15, 0.2) is 0 Å². The van der Waals surface area contributed by atoms with E-state index in [4.69, 9.17) is 18.8 Å². The fraction of sp³-hybridized carbons (Fsp3) is 1.00. The molecule has 0 aromatic heterocycles. The van der Waals surface area contributed by atoms with Crippen LogP contribution < -0.4 is 0 Å². The normalized spacial score (nSPS) is 46.0. The first-order chi connectivity index (χ1) is 6.31. The molecule has 0 saturated carbocycles. The summed E-state index contributed by atoms with van der Waals surface area (Å²) in [5.74, 6) is 0. The molecule has 0 spiro atoms.